The highest BCUT2D eigenvalue weighted by Crippen LogP contribution is 2.22. The topological polar surface area (TPSA) is 69.7 Å². The predicted octanol–water partition coefficient (Wildman–Crippen LogP) is 2.52. The number of nitrogens with zero attached hydrogens (tertiary/aromatic N) is 2. The van der Waals surface area contributed by atoms with Crippen LogP contribution in [0.1, 0.15) is 27.6 Å². The Morgan fingerprint density at radius 3 is 2.11 bits per heavy atom. The van der Waals surface area contributed by atoms with Crippen molar-refractivity contribution in [1.29, 1.82) is 0 Å². The maximum absolute atomic E-state index is 13.6. The van der Waals surface area contributed by atoms with Gasteiger partial charge >= 0.3 is 0 Å². The molecular formula is C20H19F2N3O3. The fraction of sp³-hybridized carbons (Fsp3) is 0.250. The lowest BCUT2D eigenvalue weighted by Gasteiger charge is -2.23. The first-order chi connectivity index (χ1) is 13.4. The van der Waals surface area contributed by atoms with Gasteiger partial charge in [-0.15, -0.1) is 0 Å². The van der Waals surface area contributed by atoms with Gasteiger partial charge in [-0.3, -0.25) is 24.2 Å². The van der Waals surface area contributed by atoms with E-state index >= 15 is 0 Å². The van der Waals surface area contributed by atoms with Gasteiger partial charge in [0.25, 0.3) is 11.8 Å². The zero-order valence-electron chi connectivity index (χ0n) is 15.2. The molecule has 0 unspecified atom stereocenters. The number of hydrogen-bond donors (Lipinski definition) is 1. The number of fused-ring (bicyclic) bond motifs is 1. The minimum Gasteiger partial charge on any atom is -0.320 e. The lowest BCUT2D eigenvalue weighted by Crippen LogP contribution is -2.41. The SMILES string of the molecule is CCN(CCN1C(=O)c2ccccc2C1=O)CC(=O)Nc1c(F)cccc1F. The summed E-state index contributed by atoms with van der Waals surface area (Å²) in [6.07, 6.45) is 0. The average molecular weight is 387 g/mol. The summed E-state index contributed by atoms with van der Waals surface area (Å²) in [4.78, 5) is 39.7. The third kappa shape index (κ3) is 3.91. The highest BCUT2D eigenvalue weighted by atomic mass is 19.1. The molecule has 3 rings (SSSR count). The molecule has 0 spiro atoms. The number of likely N-dealkylation sites (N-methyl/N-ethyl adjacent to an activating group) is 1. The molecule has 0 aliphatic carbocycles. The van der Waals surface area contributed by atoms with Crippen LogP contribution in [0, 0.1) is 11.6 Å². The van der Waals surface area contributed by atoms with Crippen molar-refractivity contribution < 1.29 is 23.2 Å². The Kier molecular flexibility index (Phi) is 5.79. The molecule has 146 valence electrons. The van der Waals surface area contributed by atoms with Gasteiger partial charge in [0.15, 0.2) is 0 Å². The molecule has 0 saturated carbocycles. The minimum atomic E-state index is -0.859. The van der Waals surface area contributed by atoms with E-state index in [2.05, 4.69) is 5.32 Å². The van der Waals surface area contributed by atoms with E-state index in [9.17, 15) is 23.2 Å². The highest BCUT2D eigenvalue weighted by molar-refractivity contribution is 6.21. The molecule has 28 heavy (non-hydrogen) atoms. The number of amides is 3. The number of rotatable bonds is 7. The van der Waals surface area contributed by atoms with Crippen LogP contribution in [0.2, 0.25) is 0 Å². The number of para-hydroxylation sites is 1. The van der Waals surface area contributed by atoms with Crippen molar-refractivity contribution >= 4 is 23.4 Å². The summed E-state index contributed by atoms with van der Waals surface area (Å²) in [6.45, 7) is 2.50. The zero-order valence-corrected chi connectivity index (χ0v) is 15.2. The Hall–Kier alpha value is -3.13. The van der Waals surface area contributed by atoms with Crippen molar-refractivity contribution in [2.45, 2.75) is 6.92 Å². The summed E-state index contributed by atoms with van der Waals surface area (Å²) >= 11 is 0. The van der Waals surface area contributed by atoms with Crippen molar-refractivity contribution in [3.8, 4) is 0 Å². The number of carbonyl (C=O) groups excluding carboxylic acids is 3. The van der Waals surface area contributed by atoms with Crippen LogP contribution in [0.15, 0.2) is 42.5 Å². The molecule has 8 heteroatoms. The molecule has 2 aromatic carbocycles. The molecular weight excluding hydrogens is 368 g/mol. The third-order valence-electron chi connectivity index (χ3n) is 4.56. The summed E-state index contributed by atoms with van der Waals surface area (Å²) < 4.78 is 27.3. The molecule has 0 radical (unpaired) electrons. The van der Waals surface area contributed by atoms with Crippen molar-refractivity contribution in [1.82, 2.24) is 9.80 Å². The summed E-state index contributed by atoms with van der Waals surface area (Å²) in [5.74, 6) is -3.04. The third-order valence-corrected chi connectivity index (χ3v) is 4.56. The molecule has 0 bridgehead atoms. The van der Waals surface area contributed by atoms with Gasteiger partial charge in [-0.25, -0.2) is 8.78 Å². The number of nitrogens with one attached hydrogen (secondary N) is 1. The van der Waals surface area contributed by atoms with E-state index in [4.69, 9.17) is 0 Å². The van der Waals surface area contributed by atoms with Crippen LogP contribution >= 0.6 is 0 Å². The number of imide groups is 1. The smallest absolute Gasteiger partial charge is 0.261 e. The quantitative estimate of drug-likeness (QED) is 0.742. The van der Waals surface area contributed by atoms with Gasteiger partial charge in [-0.1, -0.05) is 25.1 Å². The first-order valence-corrected chi connectivity index (χ1v) is 8.83. The summed E-state index contributed by atoms with van der Waals surface area (Å²) in [5.41, 5.74) is 0.232. The summed E-state index contributed by atoms with van der Waals surface area (Å²) in [5, 5.41) is 2.22. The van der Waals surface area contributed by atoms with E-state index in [1.165, 1.54) is 6.07 Å². The van der Waals surface area contributed by atoms with Crippen LogP contribution < -0.4 is 5.32 Å². The maximum Gasteiger partial charge on any atom is 0.261 e. The van der Waals surface area contributed by atoms with E-state index in [0.29, 0.717) is 17.7 Å². The monoisotopic (exact) mass is 387 g/mol. The van der Waals surface area contributed by atoms with Crippen molar-refractivity contribution in [2.24, 2.45) is 0 Å². The second-order valence-electron chi connectivity index (χ2n) is 6.32. The number of carbonyl (C=O) groups is 3. The van der Waals surface area contributed by atoms with Crippen molar-refractivity contribution in [3.63, 3.8) is 0 Å². The van der Waals surface area contributed by atoms with Crippen LogP contribution in [0.3, 0.4) is 0 Å². The lowest BCUT2D eigenvalue weighted by molar-refractivity contribution is -0.117. The molecule has 0 fully saturated rings. The van der Waals surface area contributed by atoms with Gasteiger partial charge in [-0.2, -0.15) is 0 Å². The normalized spacial score (nSPS) is 13.2. The molecule has 0 aromatic heterocycles. The first kappa shape index (κ1) is 19.6. The van der Waals surface area contributed by atoms with Crippen LogP contribution in [0.25, 0.3) is 0 Å². The van der Waals surface area contributed by atoms with E-state index in [0.717, 1.165) is 17.0 Å². The fourth-order valence-corrected chi connectivity index (χ4v) is 3.03. The number of hydrogen-bond acceptors (Lipinski definition) is 4. The van der Waals surface area contributed by atoms with Crippen LogP contribution in [0.5, 0.6) is 0 Å². The second kappa shape index (κ2) is 8.26. The Morgan fingerprint density at radius 2 is 1.57 bits per heavy atom. The largest absolute Gasteiger partial charge is 0.320 e. The Bertz CT molecular complexity index is 877. The number of benzene rings is 2. The molecule has 0 saturated heterocycles. The Labute approximate surface area is 160 Å². The molecule has 2 aromatic rings. The number of anilines is 1. The molecule has 1 aliphatic rings. The van der Waals surface area contributed by atoms with Crippen LogP contribution in [-0.4, -0.2) is 53.7 Å². The van der Waals surface area contributed by atoms with Crippen LogP contribution in [0.4, 0.5) is 14.5 Å². The molecule has 1 N–H and O–H groups in total. The molecule has 1 heterocycles. The van der Waals surface area contributed by atoms with Gasteiger partial charge in [0.2, 0.25) is 5.91 Å². The van der Waals surface area contributed by atoms with E-state index < -0.39 is 23.2 Å². The summed E-state index contributed by atoms with van der Waals surface area (Å²) in [7, 11) is 0. The van der Waals surface area contributed by atoms with E-state index in [-0.39, 0.29) is 31.4 Å². The van der Waals surface area contributed by atoms with Gasteiger partial charge in [0.1, 0.15) is 17.3 Å². The molecule has 1 aliphatic heterocycles. The van der Waals surface area contributed by atoms with Gasteiger partial charge in [0.05, 0.1) is 17.7 Å². The second-order valence-corrected chi connectivity index (χ2v) is 6.32. The molecule has 0 atom stereocenters. The standard InChI is InChI=1S/C20H19F2N3O3/c1-2-24(12-17(26)23-18-15(21)8-5-9-16(18)22)10-11-25-19(27)13-6-3-4-7-14(13)20(25)28/h3-9H,2,10-12H2,1H3,(H,23,26). The van der Waals surface area contributed by atoms with Gasteiger partial charge < -0.3 is 5.32 Å². The summed E-state index contributed by atoms with van der Waals surface area (Å²) in [6, 6.07) is 9.90. The highest BCUT2D eigenvalue weighted by Gasteiger charge is 2.34. The average Bonchev–Trinajstić information content (AvgIpc) is 2.93. The van der Waals surface area contributed by atoms with E-state index in [1.807, 2.05) is 0 Å². The lowest BCUT2D eigenvalue weighted by atomic mass is 10.1. The fourth-order valence-electron chi connectivity index (χ4n) is 3.03. The van der Waals surface area contributed by atoms with Gasteiger partial charge in [0, 0.05) is 13.1 Å². The van der Waals surface area contributed by atoms with Crippen molar-refractivity contribution in [2.75, 3.05) is 31.5 Å². The molecule has 6 nitrogen and oxygen atoms in total. The van der Waals surface area contributed by atoms with Crippen molar-refractivity contribution in [3.05, 3.63) is 65.2 Å². The minimum absolute atomic E-state index is 0.113. The number of halogens is 2. The predicted molar refractivity (Wildman–Crippen MR) is 98.9 cm³/mol. The maximum atomic E-state index is 13.6. The van der Waals surface area contributed by atoms with Gasteiger partial charge in [-0.05, 0) is 30.8 Å². The Morgan fingerprint density at radius 1 is 1.00 bits per heavy atom. The zero-order chi connectivity index (χ0) is 20.3. The van der Waals surface area contributed by atoms with E-state index in [1.54, 1.807) is 36.1 Å². The first-order valence-electron chi connectivity index (χ1n) is 8.83. The van der Waals surface area contributed by atoms with Crippen LogP contribution in [-0.2, 0) is 4.79 Å². The Balaban J connectivity index is 1.59. The molecule has 3 amide bonds.